The third kappa shape index (κ3) is 7.08. The van der Waals surface area contributed by atoms with E-state index in [1.807, 2.05) is 0 Å². The lowest BCUT2D eigenvalue weighted by molar-refractivity contribution is 0.172. The molecule has 1 N–H and O–H groups in total. The normalized spacial score (nSPS) is 15.0. The van der Waals surface area contributed by atoms with Crippen molar-refractivity contribution in [1.82, 2.24) is 5.32 Å². The maximum absolute atomic E-state index is 3.71. The summed E-state index contributed by atoms with van der Waals surface area (Å²) in [7, 11) is 0. The molecule has 1 atom stereocenters. The van der Waals surface area contributed by atoms with E-state index in [1.54, 1.807) is 0 Å². The summed E-state index contributed by atoms with van der Waals surface area (Å²) in [6.07, 6.45) is 6.65. The number of hydrogen-bond acceptors (Lipinski definition) is 1. The van der Waals surface area contributed by atoms with Crippen LogP contribution in [-0.2, 0) is 0 Å². The summed E-state index contributed by atoms with van der Waals surface area (Å²) in [5.41, 5.74) is 0.742. The van der Waals surface area contributed by atoms with Gasteiger partial charge in [-0.3, -0.25) is 0 Å². The van der Waals surface area contributed by atoms with Crippen molar-refractivity contribution in [2.75, 3.05) is 6.54 Å². The molecule has 0 saturated carbocycles. The van der Waals surface area contributed by atoms with E-state index in [9.17, 15) is 0 Å². The average Bonchev–Trinajstić information content (AvgIpc) is 2.23. The molecule has 104 valence electrons. The fourth-order valence-electron chi connectivity index (χ4n) is 2.65. The Bertz CT molecular complexity index is 186. The second-order valence-electron chi connectivity index (χ2n) is 6.91. The Balaban J connectivity index is 4.44. The zero-order chi connectivity index (χ0) is 13.5. The molecule has 0 spiro atoms. The van der Waals surface area contributed by atoms with Crippen LogP contribution in [0.15, 0.2) is 0 Å². The highest BCUT2D eigenvalue weighted by atomic mass is 15.0. The quantitative estimate of drug-likeness (QED) is 0.630. The second kappa shape index (κ2) is 7.41. The molecular weight excluding hydrogens is 206 g/mol. The lowest BCUT2D eigenvalue weighted by atomic mass is 9.74. The van der Waals surface area contributed by atoms with Crippen LogP contribution in [0.3, 0.4) is 0 Å². The Labute approximate surface area is 110 Å². The first-order valence-corrected chi connectivity index (χ1v) is 7.53. The van der Waals surface area contributed by atoms with Crippen molar-refractivity contribution >= 4 is 0 Å². The van der Waals surface area contributed by atoms with Gasteiger partial charge in [0.15, 0.2) is 0 Å². The maximum Gasteiger partial charge on any atom is 0.00967 e. The van der Waals surface area contributed by atoms with Crippen LogP contribution < -0.4 is 5.32 Å². The van der Waals surface area contributed by atoms with Crippen molar-refractivity contribution in [3.8, 4) is 0 Å². The van der Waals surface area contributed by atoms with Gasteiger partial charge < -0.3 is 5.32 Å². The molecule has 0 radical (unpaired) electrons. The van der Waals surface area contributed by atoms with Gasteiger partial charge in [0.1, 0.15) is 0 Å². The zero-order valence-corrected chi connectivity index (χ0v) is 13.3. The first kappa shape index (κ1) is 17.0. The molecule has 1 unspecified atom stereocenters. The van der Waals surface area contributed by atoms with E-state index in [2.05, 4.69) is 53.8 Å². The summed E-state index contributed by atoms with van der Waals surface area (Å²) < 4.78 is 0. The molecule has 0 bridgehead atoms. The number of nitrogens with one attached hydrogen (secondary N) is 1. The van der Waals surface area contributed by atoms with Gasteiger partial charge in [0, 0.05) is 12.1 Å². The summed E-state index contributed by atoms with van der Waals surface area (Å²) in [4.78, 5) is 0. The highest BCUT2D eigenvalue weighted by molar-refractivity contribution is 4.84. The molecule has 0 heterocycles. The third-order valence-electron chi connectivity index (χ3n) is 4.06. The van der Waals surface area contributed by atoms with Crippen molar-refractivity contribution in [2.24, 2.45) is 11.3 Å². The van der Waals surface area contributed by atoms with Crippen molar-refractivity contribution in [3.05, 3.63) is 0 Å². The summed E-state index contributed by atoms with van der Waals surface area (Å²) >= 11 is 0. The highest BCUT2D eigenvalue weighted by Crippen LogP contribution is 2.35. The van der Waals surface area contributed by atoms with Crippen molar-refractivity contribution in [3.63, 3.8) is 0 Å². The van der Waals surface area contributed by atoms with Crippen LogP contribution in [0.4, 0.5) is 0 Å². The van der Waals surface area contributed by atoms with E-state index >= 15 is 0 Å². The van der Waals surface area contributed by atoms with E-state index in [-0.39, 0.29) is 5.54 Å². The third-order valence-corrected chi connectivity index (χ3v) is 4.06. The molecule has 0 aromatic heterocycles. The van der Waals surface area contributed by atoms with Crippen LogP contribution in [0.1, 0.15) is 80.6 Å². The molecule has 17 heavy (non-hydrogen) atoms. The van der Waals surface area contributed by atoms with E-state index in [0.717, 1.165) is 12.5 Å². The second-order valence-corrected chi connectivity index (χ2v) is 6.91. The van der Waals surface area contributed by atoms with Gasteiger partial charge in [-0.1, -0.05) is 40.5 Å². The van der Waals surface area contributed by atoms with Crippen LogP contribution in [0.2, 0.25) is 0 Å². The molecule has 0 amide bonds. The fourth-order valence-corrected chi connectivity index (χ4v) is 2.65. The summed E-state index contributed by atoms with van der Waals surface area (Å²) in [6.45, 7) is 17.4. The summed E-state index contributed by atoms with van der Waals surface area (Å²) in [5.74, 6) is 0.863. The lowest BCUT2D eigenvalue weighted by Gasteiger charge is -2.37. The minimum absolute atomic E-state index is 0.240. The molecule has 0 rings (SSSR count). The van der Waals surface area contributed by atoms with Gasteiger partial charge >= 0.3 is 0 Å². The van der Waals surface area contributed by atoms with Gasteiger partial charge in [0.25, 0.3) is 0 Å². The molecule has 0 aromatic carbocycles. The molecule has 1 nitrogen and oxygen atoms in total. The minimum Gasteiger partial charge on any atom is -0.312 e. The largest absolute Gasteiger partial charge is 0.312 e. The first-order chi connectivity index (χ1) is 7.78. The van der Waals surface area contributed by atoms with Crippen LogP contribution in [0, 0.1) is 11.3 Å². The lowest BCUT2D eigenvalue weighted by Crippen LogP contribution is -2.44. The van der Waals surface area contributed by atoms with Gasteiger partial charge in [-0.05, 0) is 51.4 Å². The number of hydrogen-bond donors (Lipinski definition) is 1. The smallest absolute Gasteiger partial charge is 0.00967 e. The molecule has 0 aromatic rings. The minimum atomic E-state index is 0.240. The Hall–Kier alpha value is -0.0400. The van der Waals surface area contributed by atoms with E-state index in [0.29, 0.717) is 5.41 Å². The first-order valence-electron chi connectivity index (χ1n) is 7.53. The van der Waals surface area contributed by atoms with Gasteiger partial charge in [0.05, 0.1) is 0 Å². The average molecular weight is 241 g/mol. The summed E-state index contributed by atoms with van der Waals surface area (Å²) in [5, 5.41) is 3.71. The Morgan fingerprint density at radius 3 is 1.88 bits per heavy atom. The topological polar surface area (TPSA) is 12.0 Å². The van der Waals surface area contributed by atoms with Crippen LogP contribution in [0.5, 0.6) is 0 Å². The molecule has 0 fully saturated rings. The van der Waals surface area contributed by atoms with Crippen LogP contribution in [-0.4, -0.2) is 12.1 Å². The number of rotatable bonds is 8. The highest BCUT2D eigenvalue weighted by Gasteiger charge is 2.29. The van der Waals surface area contributed by atoms with E-state index in [1.165, 1.54) is 32.1 Å². The molecule has 0 aliphatic rings. The molecule has 1 heteroatoms. The predicted molar refractivity (Wildman–Crippen MR) is 79.5 cm³/mol. The Kier molecular flexibility index (Phi) is 7.39. The van der Waals surface area contributed by atoms with Gasteiger partial charge in [0.2, 0.25) is 0 Å². The predicted octanol–water partition coefficient (Wildman–Crippen LogP) is 5.01. The van der Waals surface area contributed by atoms with Crippen molar-refractivity contribution in [1.29, 1.82) is 0 Å². The Morgan fingerprint density at radius 1 is 1.00 bits per heavy atom. The Morgan fingerprint density at radius 2 is 1.53 bits per heavy atom. The fraction of sp³-hybridized carbons (Fsp3) is 1.00. The molecule has 0 aliphatic heterocycles. The summed E-state index contributed by atoms with van der Waals surface area (Å²) in [6, 6.07) is 0. The van der Waals surface area contributed by atoms with Crippen LogP contribution >= 0.6 is 0 Å². The SMILES string of the molecule is CCCC(C)CC(CC)(CC)CNC(C)(C)C. The zero-order valence-electron chi connectivity index (χ0n) is 13.3. The molecule has 0 aliphatic carbocycles. The molecule has 0 saturated heterocycles. The monoisotopic (exact) mass is 241 g/mol. The molecular formula is C16H35N. The van der Waals surface area contributed by atoms with E-state index < -0.39 is 0 Å². The van der Waals surface area contributed by atoms with Crippen molar-refractivity contribution < 1.29 is 0 Å². The maximum atomic E-state index is 3.71. The van der Waals surface area contributed by atoms with Gasteiger partial charge in [-0.2, -0.15) is 0 Å². The van der Waals surface area contributed by atoms with Crippen LogP contribution in [0.25, 0.3) is 0 Å². The van der Waals surface area contributed by atoms with Crippen molar-refractivity contribution in [2.45, 2.75) is 86.1 Å². The van der Waals surface area contributed by atoms with Gasteiger partial charge in [-0.25, -0.2) is 0 Å². The van der Waals surface area contributed by atoms with E-state index in [4.69, 9.17) is 0 Å². The van der Waals surface area contributed by atoms with Gasteiger partial charge in [-0.15, -0.1) is 0 Å². The standard InChI is InChI=1S/C16H35N/c1-8-11-14(4)12-16(9-2,10-3)13-17-15(5,6)7/h14,17H,8-13H2,1-7H3.